The third-order valence-electron chi connectivity index (χ3n) is 2.24. The van der Waals surface area contributed by atoms with E-state index in [0.29, 0.717) is 6.61 Å². The van der Waals surface area contributed by atoms with Crippen molar-refractivity contribution < 1.29 is 4.74 Å². The Morgan fingerprint density at radius 3 is 2.29 bits per heavy atom. The van der Waals surface area contributed by atoms with Gasteiger partial charge in [0.05, 0.1) is 13.7 Å². The van der Waals surface area contributed by atoms with Gasteiger partial charge in [-0.2, -0.15) is 0 Å². The van der Waals surface area contributed by atoms with E-state index in [0.717, 1.165) is 0 Å². The minimum Gasteiger partial charge on any atom is -0.375 e. The average molecular weight is 189 g/mol. The van der Waals surface area contributed by atoms with E-state index in [1.54, 1.807) is 0 Å². The third-order valence-corrected chi connectivity index (χ3v) is 2.24. The van der Waals surface area contributed by atoms with Crippen molar-refractivity contribution in [2.75, 3.05) is 6.61 Å². The van der Waals surface area contributed by atoms with Crippen LogP contribution in [0.1, 0.15) is 22.3 Å². The molecule has 1 heteroatoms. The fourth-order valence-corrected chi connectivity index (χ4v) is 1.69. The van der Waals surface area contributed by atoms with Gasteiger partial charge in [0.1, 0.15) is 0 Å². The lowest BCUT2D eigenvalue weighted by Crippen LogP contribution is -1.89. The highest BCUT2D eigenvalue weighted by molar-refractivity contribution is 5.58. The molecule has 0 atom stereocenters. The molecular weight excluding hydrogens is 172 g/mol. The molecule has 0 aliphatic heterocycles. The van der Waals surface area contributed by atoms with Crippen molar-refractivity contribution >= 4 is 6.08 Å². The number of benzene rings is 1. The molecule has 1 aromatic rings. The van der Waals surface area contributed by atoms with Gasteiger partial charge in [-0.3, -0.25) is 0 Å². The Morgan fingerprint density at radius 2 is 1.79 bits per heavy atom. The summed E-state index contributed by atoms with van der Waals surface area (Å²) in [7, 11) is 3.32. The molecule has 0 saturated heterocycles. The van der Waals surface area contributed by atoms with Gasteiger partial charge in [0.2, 0.25) is 0 Å². The van der Waals surface area contributed by atoms with Gasteiger partial charge in [0.15, 0.2) is 0 Å². The maximum Gasteiger partial charge on any atom is 0.0704 e. The second-order valence-corrected chi connectivity index (χ2v) is 3.59. The van der Waals surface area contributed by atoms with Gasteiger partial charge in [-0.05, 0) is 37.5 Å². The molecular formula is C13H17O. The normalized spacial score (nSPS) is 11.1. The maximum absolute atomic E-state index is 4.73. The lowest BCUT2D eigenvalue weighted by atomic mass is 9.99. The van der Waals surface area contributed by atoms with Crippen molar-refractivity contribution in [3.8, 4) is 0 Å². The molecule has 14 heavy (non-hydrogen) atoms. The van der Waals surface area contributed by atoms with Crippen LogP contribution in [0.5, 0.6) is 0 Å². The van der Waals surface area contributed by atoms with Crippen molar-refractivity contribution in [3.05, 3.63) is 47.6 Å². The van der Waals surface area contributed by atoms with Crippen LogP contribution in [0.25, 0.3) is 6.08 Å². The quantitative estimate of drug-likeness (QED) is 0.707. The number of hydrogen-bond donors (Lipinski definition) is 0. The summed E-state index contributed by atoms with van der Waals surface area (Å²) >= 11 is 0. The van der Waals surface area contributed by atoms with Crippen LogP contribution in [0.15, 0.2) is 18.2 Å². The zero-order chi connectivity index (χ0) is 10.6. The fraction of sp³-hybridized carbons (Fsp3) is 0.308. The van der Waals surface area contributed by atoms with Crippen LogP contribution in [0.2, 0.25) is 0 Å². The Labute approximate surface area is 86.4 Å². The number of ether oxygens (including phenoxy) is 1. The molecule has 0 fully saturated rings. The maximum atomic E-state index is 4.73. The van der Waals surface area contributed by atoms with E-state index >= 15 is 0 Å². The minimum absolute atomic E-state index is 0.562. The van der Waals surface area contributed by atoms with Gasteiger partial charge < -0.3 is 4.74 Å². The summed E-state index contributed by atoms with van der Waals surface area (Å²) in [5, 5.41) is 0. The van der Waals surface area contributed by atoms with Crippen LogP contribution in [-0.4, -0.2) is 6.61 Å². The molecule has 0 N–H and O–H groups in total. The highest BCUT2D eigenvalue weighted by atomic mass is 16.5. The van der Waals surface area contributed by atoms with Crippen LogP contribution in [0.4, 0.5) is 0 Å². The van der Waals surface area contributed by atoms with Gasteiger partial charge in [0, 0.05) is 0 Å². The Hall–Kier alpha value is -1.08. The topological polar surface area (TPSA) is 9.23 Å². The van der Waals surface area contributed by atoms with Crippen molar-refractivity contribution in [1.82, 2.24) is 0 Å². The lowest BCUT2D eigenvalue weighted by Gasteiger charge is -2.06. The molecule has 0 aromatic heterocycles. The second kappa shape index (κ2) is 4.97. The SMILES string of the molecule is [CH2]OC/C=C/c1c(C)cc(C)cc1C. The molecule has 0 aliphatic carbocycles. The average Bonchev–Trinajstić information content (AvgIpc) is 2.09. The van der Waals surface area contributed by atoms with Crippen molar-refractivity contribution in [3.63, 3.8) is 0 Å². The first-order valence-corrected chi connectivity index (χ1v) is 4.76. The van der Waals surface area contributed by atoms with Crippen LogP contribution >= 0.6 is 0 Å². The summed E-state index contributed by atoms with van der Waals surface area (Å²) in [6.45, 7) is 6.94. The minimum atomic E-state index is 0.562. The van der Waals surface area contributed by atoms with Gasteiger partial charge in [-0.25, -0.2) is 0 Å². The van der Waals surface area contributed by atoms with Crippen LogP contribution in [0, 0.1) is 27.9 Å². The van der Waals surface area contributed by atoms with Crippen molar-refractivity contribution in [2.24, 2.45) is 0 Å². The summed E-state index contributed by atoms with van der Waals surface area (Å²) < 4.78 is 4.73. The van der Waals surface area contributed by atoms with E-state index in [-0.39, 0.29) is 0 Å². The molecule has 1 rings (SSSR count). The molecule has 0 saturated carbocycles. The first-order chi connectivity index (χ1) is 6.65. The predicted octanol–water partition coefficient (Wildman–Crippen LogP) is 3.43. The molecule has 0 bridgehead atoms. The molecule has 0 aliphatic rings. The summed E-state index contributed by atoms with van der Waals surface area (Å²) in [6.07, 6.45) is 4.08. The van der Waals surface area contributed by atoms with Gasteiger partial charge in [0.25, 0.3) is 0 Å². The third kappa shape index (κ3) is 2.71. The smallest absolute Gasteiger partial charge is 0.0704 e. The zero-order valence-electron chi connectivity index (χ0n) is 9.13. The van der Waals surface area contributed by atoms with E-state index < -0.39 is 0 Å². The van der Waals surface area contributed by atoms with Crippen LogP contribution in [0.3, 0.4) is 0 Å². The first-order valence-electron chi connectivity index (χ1n) is 4.76. The predicted molar refractivity (Wildman–Crippen MR) is 61.0 cm³/mol. The standard InChI is InChI=1S/C13H17O/c1-10-8-11(2)13(12(3)9-10)6-5-7-14-4/h5-6,8-9H,4,7H2,1-3H3/b6-5+. The summed E-state index contributed by atoms with van der Waals surface area (Å²) in [5.74, 6) is 0. The van der Waals surface area contributed by atoms with Crippen LogP contribution < -0.4 is 0 Å². The van der Waals surface area contributed by atoms with E-state index in [9.17, 15) is 0 Å². The first kappa shape index (κ1) is 11.0. The van der Waals surface area contributed by atoms with E-state index in [4.69, 9.17) is 4.74 Å². The molecule has 1 nitrogen and oxygen atoms in total. The fourth-order valence-electron chi connectivity index (χ4n) is 1.69. The molecule has 0 spiro atoms. The number of hydrogen-bond acceptors (Lipinski definition) is 1. The number of aryl methyl sites for hydroxylation is 3. The molecule has 0 heterocycles. The van der Waals surface area contributed by atoms with E-state index in [1.807, 2.05) is 6.08 Å². The van der Waals surface area contributed by atoms with E-state index in [1.165, 1.54) is 22.3 Å². The van der Waals surface area contributed by atoms with E-state index in [2.05, 4.69) is 46.1 Å². The molecule has 1 aromatic carbocycles. The molecule has 0 unspecified atom stereocenters. The Kier molecular flexibility index (Phi) is 3.90. The van der Waals surface area contributed by atoms with Gasteiger partial charge >= 0.3 is 0 Å². The zero-order valence-corrected chi connectivity index (χ0v) is 9.13. The summed E-state index contributed by atoms with van der Waals surface area (Å²) in [4.78, 5) is 0. The Balaban J connectivity index is 2.96. The van der Waals surface area contributed by atoms with Gasteiger partial charge in [-0.1, -0.05) is 29.8 Å². The molecule has 1 radical (unpaired) electrons. The summed E-state index contributed by atoms with van der Waals surface area (Å²) in [6, 6.07) is 4.38. The molecule has 75 valence electrons. The highest BCUT2D eigenvalue weighted by Gasteiger charge is 1.99. The van der Waals surface area contributed by atoms with Gasteiger partial charge in [-0.15, -0.1) is 0 Å². The van der Waals surface area contributed by atoms with Crippen molar-refractivity contribution in [1.29, 1.82) is 0 Å². The highest BCUT2D eigenvalue weighted by Crippen LogP contribution is 2.17. The number of rotatable bonds is 3. The van der Waals surface area contributed by atoms with Crippen LogP contribution in [-0.2, 0) is 4.74 Å². The lowest BCUT2D eigenvalue weighted by molar-refractivity contribution is 0.282. The van der Waals surface area contributed by atoms with Crippen molar-refractivity contribution in [2.45, 2.75) is 20.8 Å². The Morgan fingerprint density at radius 1 is 1.21 bits per heavy atom. The summed E-state index contributed by atoms with van der Waals surface area (Å²) in [5.41, 5.74) is 5.21. The Bertz CT molecular complexity index is 314. The molecule has 0 amide bonds. The second-order valence-electron chi connectivity index (χ2n) is 3.59. The largest absolute Gasteiger partial charge is 0.375 e. The monoisotopic (exact) mass is 189 g/mol.